The lowest BCUT2D eigenvalue weighted by Gasteiger charge is -2.17. The highest BCUT2D eigenvalue weighted by Gasteiger charge is 2.18. The lowest BCUT2D eigenvalue weighted by atomic mass is 9.93. The molecule has 0 saturated heterocycles. The second-order valence-corrected chi connectivity index (χ2v) is 21.1. The maximum absolute atomic E-state index is 2.41. The molecule has 0 saturated carbocycles. The molecule has 0 aliphatic heterocycles. The van der Waals surface area contributed by atoms with E-state index in [4.69, 9.17) is 0 Å². The van der Waals surface area contributed by atoms with Gasteiger partial charge in [0.05, 0.1) is 33.4 Å². The van der Waals surface area contributed by atoms with Crippen LogP contribution >= 0.6 is 0 Å². The van der Waals surface area contributed by atoms with Gasteiger partial charge in [-0.05, 0) is 140 Å². The molecule has 0 aliphatic carbocycles. The van der Waals surface area contributed by atoms with Gasteiger partial charge in [0.2, 0.25) is 0 Å². The normalized spacial score (nSPS) is 10.9. The van der Waals surface area contributed by atoms with Gasteiger partial charge in [-0.25, -0.2) is 0 Å². The van der Waals surface area contributed by atoms with E-state index in [1.165, 1.54) is 132 Å². The predicted molar refractivity (Wildman–Crippen MR) is 354 cm³/mol. The van der Waals surface area contributed by atoms with Crippen LogP contribution in [-0.2, 0) is 7.05 Å². The average molecular weight is 1060 g/mol. The second-order valence-electron chi connectivity index (χ2n) is 21.1. The van der Waals surface area contributed by atoms with Gasteiger partial charge in [-0.15, -0.1) is 0 Å². The van der Waals surface area contributed by atoms with Gasteiger partial charge in [-0.2, -0.15) is 0 Å². The van der Waals surface area contributed by atoms with Crippen LogP contribution in [0.15, 0.2) is 291 Å². The Kier molecular flexibility index (Phi) is 16.2. The molecule has 0 radical (unpaired) electrons. The van der Waals surface area contributed by atoms with Crippen LogP contribution in [0.5, 0.6) is 0 Å². The molecule has 400 valence electrons. The lowest BCUT2D eigenvalue weighted by molar-refractivity contribution is 1.01. The first kappa shape index (κ1) is 54.0. The van der Waals surface area contributed by atoms with Crippen molar-refractivity contribution in [3.05, 3.63) is 325 Å². The first-order valence-corrected chi connectivity index (χ1v) is 28.4. The van der Waals surface area contributed by atoms with E-state index in [0.717, 1.165) is 0 Å². The minimum absolute atomic E-state index is 1.21. The third-order valence-corrected chi connectivity index (χ3v) is 16.1. The van der Waals surface area contributed by atoms with E-state index in [9.17, 15) is 0 Å². The number of aromatic nitrogens is 3. The summed E-state index contributed by atoms with van der Waals surface area (Å²) in [4.78, 5) is 0. The van der Waals surface area contributed by atoms with Crippen molar-refractivity contribution in [2.24, 2.45) is 7.05 Å². The Morgan fingerprint density at radius 2 is 0.500 bits per heavy atom. The lowest BCUT2D eigenvalue weighted by Crippen LogP contribution is -2.03. The smallest absolute Gasteiger partial charge is 0.0541 e. The molecule has 3 aromatic heterocycles. The van der Waals surface area contributed by atoms with Crippen LogP contribution in [-0.4, -0.2) is 13.7 Å². The van der Waals surface area contributed by atoms with Gasteiger partial charge < -0.3 is 13.7 Å². The van der Waals surface area contributed by atoms with E-state index in [2.05, 4.69) is 335 Å². The van der Waals surface area contributed by atoms with Crippen LogP contribution in [0.1, 0.15) is 33.4 Å². The molecule has 3 nitrogen and oxygen atoms in total. The van der Waals surface area contributed by atoms with Crippen LogP contribution in [0.2, 0.25) is 0 Å². The van der Waals surface area contributed by atoms with Gasteiger partial charge in [0, 0.05) is 50.4 Å². The number of benzene rings is 12. The van der Waals surface area contributed by atoms with E-state index in [1.807, 2.05) is 18.2 Å². The maximum Gasteiger partial charge on any atom is 0.0541 e. The zero-order chi connectivity index (χ0) is 56.5. The molecule has 82 heavy (non-hydrogen) atoms. The van der Waals surface area contributed by atoms with Crippen molar-refractivity contribution < 1.29 is 0 Å². The summed E-state index contributed by atoms with van der Waals surface area (Å²) >= 11 is 0. The van der Waals surface area contributed by atoms with Gasteiger partial charge in [0.1, 0.15) is 0 Å². The highest BCUT2D eigenvalue weighted by atomic mass is 15.0. The van der Waals surface area contributed by atoms with Crippen molar-refractivity contribution >= 4 is 65.4 Å². The number of hydrogen-bond donors (Lipinski definition) is 0. The molecule has 0 atom stereocenters. The number of nitrogens with zero attached hydrogens (tertiary/aromatic N) is 3. The van der Waals surface area contributed by atoms with E-state index in [1.54, 1.807) is 0 Å². The first-order chi connectivity index (χ1) is 40.2. The Bertz CT molecular complexity index is 4260. The van der Waals surface area contributed by atoms with Crippen LogP contribution in [0, 0.1) is 41.5 Å². The third-order valence-electron chi connectivity index (χ3n) is 16.1. The van der Waals surface area contributed by atoms with Gasteiger partial charge >= 0.3 is 0 Å². The average Bonchev–Trinajstić information content (AvgIpc) is 3.56. The summed E-state index contributed by atoms with van der Waals surface area (Å²) in [6, 6.07) is 103. The van der Waals surface area contributed by atoms with Crippen molar-refractivity contribution in [2.45, 2.75) is 41.5 Å². The Morgan fingerprint density at radius 3 is 0.829 bits per heavy atom. The summed E-state index contributed by atoms with van der Waals surface area (Å²) in [6.45, 7) is 13.0. The highest BCUT2D eigenvalue weighted by Crippen LogP contribution is 2.38. The summed E-state index contributed by atoms with van der Waals surface area (Å²) in [5.74, 6) is 0. The predicted octanol–water partition coefficient (Wildman–Crippen LogP) is 21.5. The largest absolute Gasteiger partial charge is 0.344 e. The fourth-order valence-electron chi connectivity index (χ4n) is 11.5. The molecule has 0 aliphatic rings. The van der Waals surface area contributed by atoms with Crippen molar-refractivity contribution in [1.29, 1.82) is 0 Å². The Hall–Kier alpha value is -9.96. The molecule has 0 N–H and O–H groups in total. The standard InChI is InChI=1S/C31H22N2.C19H16.C13H11N.C9H12.C7H8/c1-21-26(32-28-15-6-2-11-22(28)23-12-3-7-16-29(23)32)19-10-20-27(21)33-30-17-8-4-13-24(30)25-14-5-9-18-31(25)33;1-15-18(16-9-4-2-5-10-16)13-8-14-19(15)17-11-6-3-7-12-17;1-14-12-8-4-2-6-10(12)11-7-3-5-9-13(11)14;1-7-5-4-6-8(2)9(7)3;1-7-5-3-2-4-6-7/h2-20H,1H3;2-14H,1H3;2-9H,1H3;4-6H,1-3H3;2-6H,1H3. The first-order valence-electron chi connectivity index (χ1n) is 28.4. The molecule has 3 heterocycles. The summed E-state index contributed by atoms with van der Waals surface area (Å²) in [5.41, 5.74) is 23.2. The molecule has 0 bridgehead atoms. The van der Waals surface area contributed by atoms with E-state index in [0.29, 0.717) is 0 Å². The SMILES string of the molecule is Cc1c(-c2ccccc2)cccc1-c1ccccc1.Cc1c(-n2c3ccccc3c3ccccc32)cccc1-n1c2ccccc2c2ccccc21.Cc1cccc(C)c1C.Cc1ccccc1.Cn1c2ccccc2c2ccccc21. The Balaban J connectivity index is 0.000000121. The summed E-state index contributed by atoms with van der Waals surface area (Å²) in [5, 5.41) is 7.82. The summed E-state index contributed by atoms with van der Waals surface area (Å²) < 4.78 is 7.07. The number of rotatable bonds is 4. The van der Waals surface area contributed by atoms with E-state index >= 15 is 0 Å². The highest BCUT2D eigenvalue weighted by molar-refractivity contribution is 6.11. The zero-order valence-electron chi connectivity index (χ0n) is 48.1. The molecule has 3 heteroatoms. The molecule has 0 unspecified atom stereocenters. The van der Waals surface area contributed by atoms with Crippen molar-refractivity contribution in [3.63, 3.8) is 0 Å². The van der Waals surface area contributed by atoms with Gasteiger partial charge in [0.15, 0.2) is 0 Å². The molecule has 15 aromatic rings. The Morgan fingerprint density at radius 1 is 0.220 bits per heavy atom. The van der Waals surface area contributed by atoms with Crippen molar-refractivity contribution in [1.82, 2.24) is 13.7 Å². The number of aryl methyl sites for hydroxylation is 4. The molecule has 0 fully saturated rings. The number of fused-ring (bicyclic) bond motifs is 9. The fourth-order valence-corrected chi connectivity index (χ4v) is 11.5. The van der Waals surface area contributed by atoms with Crippen LogP contribution in [0.4, 0.5) is 0 Å². The monoisotopic (exact) mass is 1060 g/mol. The van der Waals surface area contributed by atoms with Crippen LogP contribution < -0.4 is 0 Å². The minimum Gasteiger partial charge on any atom is -0.344 e. The van der Waals surface area contributed by atoms with Gasteiger partial charge in [-0.3, -0.25) is 0 Å². The fraction of sp³-hybridized carbons (Fsp3) is 0.0886. The number of hydrogen-bond acceptors (Lipinski definition) is 0. The van der Waals surface area contributed by atoms with Crippen LogP contribution in [0.25, 0.3) is 99.0 Å². The molecular formula is C79H69N3. The van der Waals surface area contributed by atoms with Crippen LogP contribution in [0.3, 0.4) is 0 Å². The Labute approximate surface area is 483 Å². The summed E-state index contributed by atoms with van der Waals surface area (Å²) in [7, 11) is 2.12. The molecule has 15 rings (SSSR count). The maximum atomic E-state index is 2.41. The quantitative estimate of drug-likeness (QED) is 0.167. The van der Waals surface area contributed by atoms with Crippen molar-refractivity contribution in [3.8, 4) is 33.6 Å². The van der Waals surface area contributed by atoms with E-state index < -0.39 is 0 Å². The van der Waals surface area contributed by atoms with Gasteiger partial charge in [0.25, 0.3) is 0 Å². The number of para-hydroxylation sites is 6. The third kappa shape index (κ3) is 11.0. The molecule has 0 amide bonds. The molecule has 0 spiro atoms. The molecular weight excluding hydrogens is 991 g/mol. The topological polar surface area (TPSA) is 14.8 Å². The van der Waals surface area contributed by atoms with E-state index in [-0.39, 0.29) is 0 Å². The van der Waals surface area contributed by atoms with Gasteiger partial charge in [-0.1, -0.05) is 248 Å². The second kappa shape index (κ2) is 24.6. The minimum atomic E-state index is 1.21. The zero-order valence-corrected chi connectivity index (χ0v) is 48.1. The van der Waals surface area contributed by atoms with Crippen molar-refractivity contribution in [2.75, 3.05) is 0 Å². The summed E-state index contributed by atoms with van der Waals surface area (Å²) in [6.07, 6.45) is 0. The molecule has 12 aromatic carbocycles.